The highest BCUT2D eigenvalue weighted by molar-refractivity contribution is 7.00. The molecule has 0 aliphatic carbocycles. The lowest BCUT2D eigenvalue weighted by Crippen LogP contribution is -2.61. The molecule has 0 radical (unpaired) electrons. The van der Waals surface area contributed by atoms with Crippen molar-refractivity contribution in [3.05, 3.63) is 303 Å². The Bertz CT molecular complexity index is 5220. The molecule has 3 aromatic heterocycles. The van der Waals surface area contributed by atoms with Gasteiger partial charge in [0.2, 0.25) is 0 Å². The molecule has 16 aromatic rings. The molecule has 0 amide bonds. The standard InChI is InChI=1S/C78H50BN5/c1-4-21-51(22-5-1)53-39-41-56(42-40-53)81-73-48-58(82-67-34-15-10-29-60(67)61-30-11-16-35-68(61)82)43-44-65(73)79-66-45-46-72-76(64-33-14-19-38-71(64)80(72)55-26-8-3-9-27-55)78(66)84(57-28-20-25-54(47-57)52-23-6-2-7-24-52)75-50-59(49-74(81)77(75)79)83-69-36-17-12-31-62(69)63-32-13-18-37-70(63)83/h1-50H. The van der Waals surface area contributed by atoms with Crippen LogP contribution >= 0.6 is 0 Å². The highest BCUT2D eigenvalue weighted by Gasteiger charge is 2.45. The lowest BCUT2D eigenvalue weighted by molar-refractivity contribution is 1.15. The topological polar surface area (TPSA) is 21.3 Å². The van der Waals surface area contributed by atoms with Crippen LogP contribution in [0.5, 0.6) is 0 Å². The van der Waals surface area contributed by atoms with E-state index >= 15 is 0 Å². The van der Waals surface area contributed by atoms with Gasteiger partial charge < -0.3 is 23.5 Å². The molecule has 18 rings (SSSR count). The maximum Gasteiger partial charge on any atom is 0.252 e. The second-order valence-corrected chi connectivity index (χ2v) is 22.4. The van der Waals surface area contributed by atoms with Crippen molar-refractivity contribution in [3.63, 3.8) is 0 Å². The average Bonchev–Trinajstić information content (AvgIpc) is 1.28. The van der Waals surface area contributed by atoms with Gasteiger partial charge in [-0.15, -0.1) is 0 Å². The number of anilines is 6. The lowest BCUT2D eigenvalue weighted by atomic mass is 9.33. The molecule has 5 heterocycles. The zero-order valence-electron chi connectivity index (χ0n) is 45.7. The van der Waals surface area contributed by atoms with Crippen molar-refractivity contribution in [3.8, 4) is 39.3 Å². The van der Waals surface area contributed by atoms with Crippen LogP contribution in [-0.4, -0.2) is 20.4 Å². The SMILES string of the molecule is c1ccc(-c2ccc(N3c4cc(-n5c6ccccc6c6ccccc65)ccc4B4c5ccc6c(c5N(c5cccc(-c7ccccc7)c5)c5cc(-n7c8ccccc8c8ccccc87)cc3c54)c3ccccc3n6-c3ccccc3)cc2)cc1. The van der Waals surface area contributed by atoms with E-state index in [0.717, 1.165) is 67.6 Å². The second-order valence-electron chi connectivity index (χ2n) is 22.4. The van der Waals surface area contributed by atoms with Gasteiger partial charge in [0.1, 0.15) is 0 Å². The predicted molar refractivity (Wildman–Crippen MR) is 354 cm³/mol. The van der Waals surface area contributed by atoms with Crippen LogP contribution in [0.3, 0.4) is 0 Å². The van der Waals surface area contributed by atoms with Crippen LogP contribution < -0.4 is 26.2 Å². The van der Waals surface area contributed by atoms with Gasteiger partial charge in [-0.05, 0) is 136 Å². The lowest BCUT2D eigenvalue weighted by Gasteiger charge is -2.45. The summed E-state index contributed by atoms with van der Waals surface area (Å²) < 4.78 is 7.44. The van der Waals surface area contributed by atoms with Gasteiger partial charge in [-0.1, -0.05) is 206 Å². The normalized spacial score (nSPS) is 12.7. The van der Waals surface area contributed by atoms with E-state index in [0.29, 0.717) is 0 Å². The fourth-order valence-electron chi connectivity index (χ4n) is 14.5. The number of hydrogen-bond acceptors (Lipinski definition) is 2. The van der Waals surface area contributed by atoms with Gasteiger partial charge in [0.05, 0.1) is 44.5 Å². The fourth-order valence-corrected chi connectivity index (χ4v) is 14.5. The van der Waals surface area contributed by atoms with E-state index in [-0.39, 0.29) is 6.71 Å². The molecular weight excluding hydrogens is 1020 g/mol. The Labute approximate surface area is 486 Å². The predicted octanol–water partition coefficient (Wildman–Crippen LogP) is 18.4. The van der Waals surface area contributed by atoms with Crippen molar-refractivity contribution < 1.29 is 0 Å². The highest BCUT2D eigenvalue weighted by Crippen LogP contribution is 2.51. The van der Waals surface area contributed by atoms with Gasteiger partial charge >= 0.3 is 0 Å². The molecule has 0 bridgehead atoms. The maximum absolute atomic E-state index is 2.63. The molecule has 0 N–H and O–H groups in total. The van der Waals surface area contributed by atoms with E-state index in [4.69, 9.17) is 0 Å². The van der Waals surface area contributed by atoms with Crippen LogP contribution in [0.15, 0.2) is 303 Å². The quantitative estimate of drug-likeness (QED) is 0.148. The summed E-state index contributed by atoms with van der Waals surface area (Å²) in [6.07, 6.45) is 0. The number of nitrogens with zero attached hydrogens (tertiary/aromatic N) is 5. The summed E-state index contributed by atoms with van der Waals surface area (Å²) in [5.41, 5.74) is 25.5. The van der Waals surface area contributed by atoms with Gasteiger partial charge in [-0.2, -0.15) is 0 Å². The van der Waals surface area contributed by atoms with Gasteiger partial charge in [-0.3, -0.25) is 0 Å². The molecular formula is C78H50BN5. The fraction of sp³-hybridized carbons (Fsp3) is 0. The average molecular weight is 1070 g/mol. The monoisotopic (exact) mass is 1070 g/mol. The van der Waals surface area contributed by atoms with Gasteiger partial charge in [0, 0.05) is 72.1 Å². The first kappa shape index (κ1) is 46.7. The molecule has 0 saturated carbocycles. The molecule has 84 heavy (non-hydrogen) atoms. The third-order valence-electron chi connectivity index (χ3n) is 18.0. The molecule has 390 valence electrons. The Morgan fingerprint density at radius 2 is 0.643 bits per heavy atom. The molecule has 6 heteroatoms. The summed E-state index contributed by atoms with van der Waals surface area (Å²) >= 11 is 0. The van der Waals surface area contributed by atoms with Gasteiger partial charge in [0.15, 0.2) is 0 Å². The summed E-state index contributed by atoms with van der Waals surface area (Å²) in [7, 11) is 0. The number of rotatable bonds is 7. The number of para-hydroxylation sites is 6. The number of aromatic nitrogens is 3. The van der Waals surface area contributed by atoms with Crippen LogP contribution in [0.2, 0.25) is 0 Å². The first-order valence-electron chi connectivity index (χ1n) is 29.0. The smallest absolute Gasteiger partial charge is 0.252 e. The number of fused-ring (bicyclic) bond motifs is 14. The summed E-state index contributed by atoms with van der Waals surface area (Å²) in [5, 5.41) is 7.34. The van der Waals surface area contributed by atoms with Crippen LogP contribution in [0, 0.1) is 0 Å². The molecule has 0 saturated heterocycles. The summed E-state index contributed by atoms with van der Waals surface area (Å²) in [4.78, 5) is 5.21. The molecule has 0 fully saturated rings. The van der Waals surface area contributed by atoms with E-state index in [1.54, 1.807) is 0 Å². The molecule has 0 unspecified atom stereocenters. The Morgan fingerprint density at radius 3 is 1.24 bits per heavy atom. The third-order valence-corrected chi connectivity index (χ3v) is 18.0. The summed E-state index contributed by atoms with van der Waals surface area (Å²) in [5.74, 6) is 0. The van der Waals surface area contributed by atoms with Crippen LogP contribution in [0.1, 0.15) is 0 Å². The molecule has 2 aliphatic heterocycles. The van der Waals surface area contributed by atoms with Crippen molar-refractivity contribution >= 4 is 123 Å². The Kier molecular flexibility index (Phi) is 10.1. The van der Waals surface area contributed by atoms with Gasteiger partial charge in [-0.25, -0.2) is 0 Å². The van der Waals surface area contributed by atoms with Crippen molar-refractivity contribution in [1.82, 2.24) is 13.7 Å². The Morgan fingerprint density at radius 1 is 0.226 bits per heavy atom. The highest BCUT2D eigenvalue weighted by atomic mass is 15.2. The zero-order valence-corrected chi connectivity index (χ0v) is 45.7. The van der Waals surface area contributed by atoms with E-state index in [1.165, 1.54) is 87.6 Å². The minimum atomic E-state index is -0.170. The minimum absolute atomic E-state index is 0.170. The molecule has 0 atom stereocenters. The van der Waals surface area contributed by atoms with Crippen molar-refractivity contribution in [1.29, 1.82) is 0 Å². The van der Waals surface area contributed by atoms with E-state index in [1.807, 2.05) is 0 Å². The van der Waals surface area contributed by atoms with Crippen molar-refractivity contribution in [2.75, 3.05) is 9.80 Å². The minimum Gasteiger partial charge on any atom is -0.311 e. The van der Waals surface area contributed by atoms with Gasteiger partial charge in [0.25, 0.3) is 6.71 Å². The molecule has 2 aliphatic rings. The number of hydrogen-bond donors (Lipinski definition) is 0. The first-order valence-corrected chi connectivity index (χ1v) is 29.0. The summed E-state index contributed by atoms with van der Waals surface area (Å²) in [6.45, 7) is -0.170. The van der Waals surface area contributed by atoms with E-state index < -0.39 is 0 Å². The van der Waals surface area contributed by atoms with Crippen molar-refractivity contribution in [2.45, 2.75) is 0 Å². The van der Waals surface area contributed by atoms with Crippen LogP contribution in [-0.2, 0) is 0 Å². The number of benzene rings is 13. The van der Waals surface area contributed by atoms with Crippen LogP contribution in [0.4, 0.5) is 34.1 Å². The Balaban J connectivity index is 1.00. The largest absolute Gasteiger partial charge is 0.311 e. The third kappa shape index (κ3) is 6.79. The molecule has 13 aromatic carbocycles. The van der Waals surface area contributed by atoms with Crippen LogP contribution in [0.25, 0.3) is 105 Å². The van der Waals surface area contributed by atoms with Crippen molar-refractivity contribution in [2.24, 2.45) is 0 Å². The maximum atomic E-state index is 2.63. The van der Waals surface area contributed by atoms with E-state index in [2.05, 4.69) is 327 Å². The molecule has 0 spiro atoms. The molecule has 5 nitrogen and oxygen atoms in total. The van der Waals surface area contributed by atoms with E-state index in [9.17, 15) is 0 Å². The summed E-state index contributed by atoms with van der Waals surface area (Å²) in [6, 6.07) is 113. The second kappa shape index (κ2) is 18.2. The zero-order chi connectivity index (χ0) is 55.0. The Hall–Kier alpha value is -11.1. The first-order chi connectivity index (χ1) is 41.7.